The monoisotopic (exact) mass is 533 g/mol. The van der Waals surface area contributed by atoms with E-state index in [2.05, 4.69) is 30.9 Å². The van der Waals surface area contributed by atoms with Gasteiger partial charge in [-0.15, -0.1) is 0 Å². The minimum absolute atomic E-state index is 0.0665. The Bertz CT molecular complexity index is 1540. The van der Waals surface area contributed by atoms with Gasteiger partial charge in [-0.1, -0.05) is 29.8 Å². The van der Waals surface area contributed by atoms with E-state index in [9.17, 15) is 14.0 Å². The van der Waals surface area contributed by atoms with Crippen molar-refractivity contribution in [3.8, 4) is 5.75 Å². The lowest BCUT2D eigenvalue weighted by Crippen LogP contribution is -2.35. The molecule has 0 spiro atoms. The maximum atomic E-state index is 13.5. The van der Waals surface area contributed by atoms with Gasteiger partial charge in [0.15, 0.2) is 0 Å². The number of guanidine groups is 1. The number of pyridine rings is 1. The summed E-state index contributed by atoms with van der Waals surface area (Å²) in [5.41, 5.74) is 7.44. The number of rotatable bonds is 4. The van der Waals surface area contributed by atoms with Crippen LogP contribution in [0.4, 0.5) is 15.9 Å². The van der Waals surface area contributed by atoms with E-state index in [4.69, 9.17) is 22.1 Å². The Labute approximate surface area is 221 Å². The number of amidine groups is 1. The Hall–Kier alpha value is -4.77. The summed E-state index contributed by atoms with van der Waals surface area (Å²) < 4.78 is 19.1. The molecule has 12 heteroatoms. The molecule has 1 aromatic heterocycles. The highest BCUT2D eigenvalue weighted by Gasteiger charge is 2.31. The fourth-order valence-corrected chi connectivity index (χ4v) is 4.21. The SMILES string of the molecule is CC1=C(C(=O)Nc2ccc(C(N)=O)cn2)C(c2ccccc2Cl)N=C(/N=C2/COc3cc(F)ccc3N2)N1. The van der Waals surface area contributed by atoms with Crippen LogP contribution in [0.15, 0.2) is 82.0 Å². The molecule has 0 radical (unpaired) electrons. The lowest BCUT2D eigenvalue weighted by molar-refractivity contribution is -0.113. The molecule has 0 saturated heterocycles. The number of carbonyl (C=O) groups excluding carboxylic acids is 2. The topological polar surface area (TPSA) is 143 Å². The van der Waals surface area contributed by atoms with E-state index >= 15 is 0 Å². The second-order valence-corrected chi connectivity index (χ2v) is 8.81. The number of primary amides is 1. The summed E-state index contributed by atoms with van der Waals surface area (Å²) in [4.78, 5) is 38.0. The number of ether oxygens (including phenoxy) is 1. The molecule has 5 N–H and O–H groups in total. The van der Waals surface area contributed by atoms with Crippen LogP contribution < -0.4 is 26.4 Å². The number of hydrogen-bond acceptors (Lipinski definition) is 7. The van der Waals surface area contributed by atoms with E-state index in [0.717, 1.165) is 0 Å². The minimum atomic E-state index is -0.792. The molecule has 3 aromatic rings. The number of carbonyl (C=O) groups is 2. The number of aromatic nitrogens is 1. The van der Waals surface area contributed by atoms with Gasteiger partial charge in [0.25, 0.3) is 5.91 Å². The fraction of sp³-hybridized carbons (Fsp3) is 0.115. The van der Waals surface area contributed by atoms with Gasteiger partial charge in [-0.05, 0) is 37.3 Å². The van der Waals surface area contributed by atoms with Crippen molar-refractivity contribution in [2.75, 3.05) is 17.2 Å². The Balaban J connectivity index is 1.45. The summed E-state index contributed by atoms with van der Waals surface area (Å²) in [5, 5.41) is 9.32. The molecule has 0 aliphatic carbocycles. The lowest BCUT2D eigenvalue weighted by atomic mass is 9.95. The van der Waals surface area contributed by atoms with Gasteiger partial charge in [-0.3, -0.25) is 9.59 Å². The number of nitrogens with one attached hydrogen (secondary N) is 3. The highest BCUT2D eigenvalue weighted by Crippen LogP contribution is 2.35. The predicted octanol–water partition coefficient (Wildman–Crippen LogP) is 3.79. The highest BCUT2D eigenvalue weighted by molar-refractivity contribution is 6.31. The smallest absolute Gasteiger partial charge is 0.257 e. The largest absolute Gasteiger partial charge is 0.483 e. The highest BCUT2D eigenvalue weighted by atomic mass is 35.5. The van der Waals surface area contributed by atoms with Crippen molar-refractivity contribution < 1.29 is 18.7 Å². The molecule has 2 amide bonds. The lowest BCUT2D eigenvalue weighted by Gasteiger charge is -2.26. The number of hydrogen-bond donors (Lipinski definition) is 4. The standard InChI is InChI=1S/C26H21ClFN7O3/c1-13-22(25(37)33-20-9-6-14(11-30-20)24(29)36)23(16-4-2-3-5-17(16)27)35-26(31-13)34-21-12-38-19-10-15(28)7-8-18(19)32-21/h2-11,23H,12H2,1H3,(H2,29,36)(H,30,33,37)(H2,31,32,34,35). The van der Waals surface area contributed by atoms with Gasteiger partial charge >= 0.3 is 0 Å². The first-order valence-electron chi connectivity index (χ1n) is 11.4. The summed E-state index contributed by atoms with van der Waals surface area (Å²) in [6.07, 6.45) is 1.28. The van der Waals surface area contributed by atoms with Gasteiger partial charge in [0.05, 0.1) is 16.8 Å². The van der Waals surface area contributed by atoms with Crippen LogP contribution in [0.2, 0.25) is 5.02 Å². The third-order valence-electron chi connectivity index (χ3n) is 5.79. The van der Waals surface area contributed by atoms with E-state index in [1.165, 1.54) is 30.5 Å². The first-order chi connectivity index (χ1) is 18.3. The van der Waals surface area contributed by atoms with Gasteiger partial charge < -0.3 is 26.4 Å². The number of fused-ring (bicyclic) bond motifs is 1. The van der Waals surface area contributed by atoms with Crippen LogP contribution in [0, 0.1) is 5.82 Å². The number of anilines is 2. The van der Waals surface area contributed by atoms with E-state index < -0.39 is 23.7 Å². The summed E-state index contributed by atoms with van der Waals surface area (Å²) in [5.74, 6) is -0.225. The van der Waals surface area contributed by atoms with Crippen molar-refractivity contribution in [1.82, 2.24) is 10.3 Å². The van der Waals surface area contributed by atoms with Crippen molar-refractivity contribution in [3.05, 3.63) is 94.0 Å². The molecule has 192 valence electrons. The van der Waals surface area contributed by atoms with Crippen molar-refractivity contribution >= 4 is 46.7 Å². The second kappa shape index (κ2) is 10.3. The Kier molecular flexibility index (Phi) is 6.75. The number of nitrogens with zero attached hydrogens (tertiary/aromatic N) is 3. The normalized spacial score (nSPS) is 17.5. The average Bonchev–Trinajstić information content (AvgIpc) is 2.89. The third-order valence-corrected chi connectivity index (χ3v) is 6.13. The zero-order chi connectivity index (χ0) is 26.8. The number of halogens is 2. The predicted molar refractivity (Wildman–Crippen MR) is 142 cm³/mol. The molecule has 0 saturated carbocycles. The molecule has 5 rings (SSSR count). The van der Waals surface area contributed by atoms with Gasteiger partial charge in [0.2, 0.25) is 11.9 Å². The van der Waals surface area contributed by atoms with E-state index in [0.29, 0.717) is 39.1 Å². The van der Waals surface area contributed by atoms with E-state index in [-0.39, 0.29) is 23.9 Å². The summed E-state index contributed by atoms with van der Waals surface area (Å²) >= 11 is 6.49. The summed E-state index contributed by atoms with van der Waals surface area (Å²) in [7, 11) is 0. The first kappa shape index (κ1) is 24.9. The van der Waals surface area contributed by atoms with Crippen LogP contribution >= 0.6 is 11.6 Å². The maximum Gasteiger partial charge on any atom is 0.257 e. The molecular weight excluding hydrogens is 513 g/mol. The van der Waals surface area contributed by atoms with E-state index in [1.807, 2.05) is 0 Å². The van der Waals surface area contributed by atoms with E-state index in [1.54, 1.807) is 37.3 Å². The van der Waals surface area contributed by atoms with Crippen LogP contribution in [-0.4, -0.2) is 35.2 Å². The number of amides is 2. The van der Waals surface area contributed by atoms with Crippen LogP contribution in [-0.2, 0) is 4.79 Å². The van der Waals surface area contributed by atoms with Crippen LogP contribution in [0.5, 0.6) is 5.75 Å². The molecule has 3 heterocycles. The average molecular weight is 534 g/mol. The Morgan fingerprint density at radius 3 is 2.74 bits per heavy atom. The first-order valence-corrected chi connectivity index (χ1v) is 11.8. The molecule has 2 aliphatic heterocycles. The molecule has 1 atom stereocenters. The number of nitrogens with two attached hydrogens (primary N) is 1. The summed E-state index contributed by atoms with van der Waals surface area (Å²) in [6.45, 7) is 1.79. The molecule has 0 fully saturated rings. The number of allylic oxidation sites excluding steroid dienone is 1. The molecule has 38 heavy (non-hydrogen) atoms. The molecule has 1 unspecified atom stereocenters. The zero-order valence-electron chi connectivity index (χ0n) is 20.0. The molecule has 0 bridgehead atoms. The molecule has 2 aliphatic rings. The quantitative estimate of drug-likeness (QED) is 0.402. The van der Waals surface area contributed by atoms with Gasteiger partial charge in [0.1, 0.15) is 35.9 Å². The summed E-state index contributed by atoms with van der Waals surface area (Å²) in [6, 6.07) is 13.4. The Morgan fingerprint density at radius 2 is 2.00 bits per heavy atom. The maximum absolute atomic E-state index is 13.5. The van der Waals surface area contributed by atoms with Gasteiger partial charge in [0, 0.05) is 28.5 Å². The minimum Gasteiger partial charge on any atom is -0.483 e. The fourth-order valence-electron chi connectivity index (χ4n) is 3.97. The Morgan fingerprint density at radius 1 is 1.18 bits per heavy atom. The molecule has 2 aromatic carbocycles. The van der Waals surface area contributed by atoms with Crippen LogP contribution in [0.1, 0.15) is 28.9 Å². The van der Waals surface area contributed by atoms with Crippen molar-refractivity contribution in [1.29, 1.82) is 0 Å². The van der Waals surface area contributed by atoms with Crippen LogP contribution in [0.25, 0.3) is 0 Å². The number of aliphatic imine (C=N–C) groups is 2. The number of benzene rings is 2. The van der Waals surface area contributed by atoms with Crippen molar-refractivity contribution in [2.24, 2.45) is 15.7 Å². The molecular formula is C26H21ClFN7O3. The molecule has 10 nitrogen and oxygen atoms in total. The van der Waals surface area contributed by atoms with Crippen molar-refractivity contribution in [2.45, 2.75) is 13.0 Å². The van der Waals surface area contributed by atoms with Gasteiger partial charge in [-0.2, -0.15) is 4.99 Å². The second-order valence-electron chi connectivity index (χ2n) is 8.40. The third kappa shape index (κ3) is 5.18. The van der Waals surface area contributed by atoms with Crippen molar-refractivity contribution in [3.63, 3.8) is 0 Å². The zero-order valence-corrected chi connectivity index (χ0v) is 20.7. The van der Waals surface area contributed by atoms with Gasteiger partial charge in [-0.25, -0.2) is 14.4 Å². The van der Waals surface area contributed by atoms with Crippen LogP contribution in [0.3, 0.4) is 0 Å².